The third kappa shape index (κ3) is 5.73. The van der Waals surface area contributed by atoms with E-state index in [1.807, 2.05) is 0 Å². The van der Waals surface area contributed by atoms with Crippen LogP contribution >= 0.6 is 0 Å². The van der Waals surface area contributed by atoms with Gasteiger partial charge in [0.25, 0.3) is 0 Å². The molecule has 0 atom stereocenters. The Hall–Kier alpha value is -0.0800. The number of likely N-dealkylation sites (N-methyl/N-ethyl adjacent to an activating group) is 1. The minimum atomic E-state index is 0.357. The summed E-state index contributed by atoms with van der Waals surface area (Å²) < 4.78 is 0. The summed E-state index contributed by atoms with van der Waals surface area (Å²) in [5.41, 5.74) is 6.46. The largest absolute Gasteiger partial charge is 0.329 e. The predicted molar refractivity (Wildman–Crippen MR) is 90.1 cm³/mol. The summed E-state index contributed by atoms with van der Waals surface area (Å²) in [7, 11) is 0. The Labute approximate surface area is 127 Å². The first-order valence-corrected chi connectivity index (χ1v) is 9.24. The second kappa shape index (κ2) is 10.6. The first-order valence-electron chi connectivity index (χ1n) is 9.24. The zero-order valence-corrected chi connectivity index (χ0v) is 14.1. The van der Waals surface area contributed by atoms with Gasteiger partial charge >= 0.3 is 0 Å². The molecule has 0 radical (unpaired) electrons. The Balaban J connectivity index is 2.12. The van der Waals surface area contributed by atoms with E-state index in [0.29, 0.717) is 5.54 Å². The van der Waals surface area contributed by atoms with Crippen molar-refractivity contribution < 1.29 is 0 Å². The van der Waals surface area contributed by atoms with E-state index in [0.717, 1.165) is 6.54 Å². The van der Waals surface area contributed by atoms with E-state index < -0.39 is 0 Å². The molecule has 0 amide bonds. The van der Waals surface area contributed by atoms with Gasteiger partial charge in [-0.2, -0.15) is 0 Å². The lowest BCUT2D eigenvalue weighted by Crippen LogP contribution is -2.52. The average molecular weight is 283 g/mol. The molecule has 1 aliphatic rings. The van der Waals surface area contributed by atoms with Crippen LogP contribution in [0, 0.1) is 0 Å². The molecular weight excluding hydrogens is 244 g/mol. The van der Waals surface area contributed by atoms with Gasteiger partial charge in [-0.05, 0) is 32.4 Å². The fourth-order valence-corrected chi connectivity index (χ4v) is 3.85. The highest BCUT2D eigenvalue weighted by Crippen LogP contribution is 2.34. The molecule has 0 aromatic carbocycles. The molecule has 0 aliphatic heterocycles. The predicted octanol–water partition coefficient (Wildman–Crippen LogP) is 4.72. The zero-order valence-electron chi connectivity index (χ0n) is 14.1. The van der Waals surface area contributed by atoms with Crippen molar-refractivity contribution in [1.82, 2.24) is 4.90 Å². The van der Waals surface area contributed by atoms with Crippen LogP contribution in [-0.2, 0) is 0 Å². The summed E-state index contributed by atoms with van der Waals surface area (Å²) in [4.78, 5) is 2.69. The summed E-state index contributed by atoms with van der Waals surface area (Å²) >= 11 is 0. The van der Waals surface area contributed by atoms with Crippen LogP contribution in [-0.4, -0.2) is 30.1 Å². The van der Waals surface area contributed by atoms with Crippen molar-refractivity contribution in [2.24, 2.45) is 5.73 Å². The van der Waals surface area contributed by atoms with Gasteiger partial charge < -0.3 is 5.73 Å². The lowest BCUT2D eigenvalue weighted by molar-refractivity contribution is 0.103. The third-order valence-electron chi connectivity index (χ3n) is 5.25. The highest BCUT2D eigenvalue weighted by atomic mass is 15.2. The molecule has 20 heavy (non-hydrogen) atoms. The smallest absolute Gasteiger partial charge is 0.0331 e. The van der Waals surface area contributed by atoms with Crippen LogP contribution in [0.3, 0.4) is 0 Å². The Morgan fingerprint density at radius 2 is 1.40 bits per heavy atom. The van der Waals surface area contributed by atoms with Gasteiger partial charge in [0.2, 0.25) is 0 Å². The number of hydrogen-bond donors (Lipinski definition) is 1. The zero-order chi connectivity index (χ0) is 14.7. The summed E-state index contributed by atoms with van der Waals surface area (Å²) in [6, 6.07) is 0. The molecule has 0 bridgehead atoms. The number of nitrogens with two attached hydrogens (primary N) is 1. The van der Waals surface area contributed by atoms with Crippen LogP contribution in [0.4, 0.5) is 0 Å². The summed E-state index contributed by atoms with van der Waals surface area (Å²) in [6.07, 6.45) is 16.7. The standard InChI is InChI=1S/C18H38N2/c1-3-5-6-7-8-9-10-13-16-20(4-2)18(17-19)14-11-12-15-18/h3-17,19H2,1-2H3. The van der Waals surface area contributed by atoms with Crippen molar-refractivity contribution in [1.29, 1.82) is 0 Å². The average Bonchev–Trinajstić information content (AvgIpc) is 2.96. The van der Waals surface area contributed by atoms with Crippen molar-refractivity contribution in [3.63, 3.8) is 0 Å². The highest BCUT2D eigenvalue weighted by Gasteiger charge is 2.36. The lowest BCUT2D eigenvalue weighted by atomic mass is 9.94. The minimum absolute atomic E-state index is 0.357. The molecule has 2 N–H and O–H groups in total. The summed E-state index contributed by atoms with van der Waals surface area (Å²) in [5, 5.41) is 0. The fraction of sp³-hybridized carbons (Fsp3) is 1.00. The molecule has 0 spiro atoms. The number of nitrogens with zero attached hydrogens (tertiary/aromatic N) is 1. The molecule has 2 heteroatoms. The SMILES string of the molecule is CCCCCCCCCCN(CC)C1(CN)CCCC1. The van der Waals surface area contributed by atoms with E-state index in [4.69, 9.17) is 5.73 Å². The van der Waals surface area contributed by atoms with Gasteiger partial charge in [0, 0.05) is 12.1 Å². The Morgan fingerprint density at radius 1 is 0.850 bits per heavy atom. The van der Waals surface area contributed by atoms with Gasteiger partial charge in [0.05, 0.1) is 0 Å². The van der Waals surface area contributed by atoms with E-state index in [-0.39, 0.29) is 0 Å². The van der Waals surface area contributed by atoms with Gasteiger partial charge in [0.15, 0.2) is 0 Å². The third-order valence-corrected chi connectivity index (χ3v) is 5.25. The Kier molecular flexibility index (Phi) is 9.54. The quantitative estimate of drug-likeness (QED) is 0.525. The van der Waals surface area contributed by atoms with Crippen molar-refractivity contribution in [2.75, 3.05) is 19.6 Å². The van der Waals surface area contributed by atoms with Crippen LogP contribution in [0.5, 0.6) is 0 Å². The summed E-state index contributed by atoms with van der Waals surface area (Å²) in [6.45, 7) is 7.89. The molecule has 1 rings (SSSR count). The molecule has 0 aromatic rings. The molecular formula is C18H38N2. The van der Waals surface area contributed by atoms with E-state index in [2.05, 4.69) is 18.7 Å². The maximum Gasteiger partial charge on any atom is 0.0331 e. The van der Waals surface area contributed by atoms with Crippen molar-refractivity contribution in [3.8, 4) is 0 Å². The van der Waals surface area contributed by atoms with E-state index in [1.165, 1.54) is 90.1 Å². The van der Waals surface area contributed by atoms with E-state index in [9.17, 15) is 0 Å². The molecule has 1 saturated carbocycles. The Bertz CT molecular complexity index is 221. The van der Waals surface area contributed by atoms with Crippen molar-refractivity contribution in [2.45, 2.75) is 96.4 Å². The van der Waals surface area contributed by atoms with Crippen molar-refractivity contribution in [3.05, 3.63) is 0 Å². The maximum atomic E-state index is 6.10. The highest BCUT2D eigenvalue weighted by molar-refractivity contribution is 4.95. The lowest BCUT2D eigenvalue weighted by Gasteiger charge is -2.40. The molecule has 1 aliphatic carbocycles. The second-order valence-electron chi connectivity index (χ2n) is 6.69. The molecule has 120 valence electrons. The molecule has 0 unspecified atom stereocenters. The molecule has 1 fully saturated rings. The first kappa shape index (κ1) is 18.0. The topological polar surface area (TPSA) is 29.3 Å². The summed E-state index contributed by atoms with van der Waals surface area (Å²) in [5.74, 6) is 0. The van der Waals surface area contributed by atoms with Gasteiger partial charge in [-0.25, -0.2) is 0 Å². The number of unbranched alkanes of at least 4 members (excludes halogenated alkanes) is 7. The van der Waals surface area contributed by atoms with Crippen molar-refractivity contribution >= 4 is 0 Å². The van der Waals surface area contributed by atoms with E-state index in [1.54, 1.807) is 0 Å². The molecule has 0 saturated heterocycles. The number of hydrogen-bond acceptors (Lipinski definition) is 2. The van der Waals surface area contributed by atoms with Crippen LogP contribution in [0.2, 0.25) is 0 Å². The van der Waals surface area contributed by atoms with Gasteiger partial charge in [-0.3, -0.25) is 4.90 Å². The van der Waals surface area contributed by atoms with Crippen LogP contribution in [0.15, 0.2) is 0 Å². The van der Waals surface area contributed by atoms with Gasteiger partial charge in [0.1, 0.15) is 0 Å². The molecule has 0 heterocycles. The van der Waals surface area contributed by atoms with Gasteiger partial charge in [-0.1, -0.05) is 71.6 Å². The molecule has 0 aromatic heterocycles. The van der Waals surface area contributed by atoms with Crippen LogP contribution in [0.1, 0.15) is 90.9 Å². The van der Waals surface area contributed by atoms with Crippen LogP contribution in [0.25, 0.3) is 0 Å². The Morgan fingerprint density at radius 3 is 1.90 bits per heavy atom. The van der Waals surface area contributed by atoms with Gasteiger partial charge in [-0.15, -0.1) is 0 Å². The minimum Gasteiger partial charge on any atom is -0.329 e. The van der Waals surface area contributed by atoms with E-state index >= 15 is 0 Å². The van der Waals surface area contributed by atoms with Crippen LogP contribution < -0.4 is 5.73 Å². The first-order chi connectivity index (χ1) is 9.79. The monoisotopic (exact) mass is 282 g/mol. The normalized spacial score (nSPS) is 18.0. The maximum absolute atomic E-state index is 6.10. The second-order valence-corrected chi connectivity index (χ2v) is 6.69. The molecule has 2 nitrogen and oxygen atoms in total. The number of rotatable bonds is 12. The fourth-order valence-electron chi connectivity index (χ4n) is 3.85.